The summed E-state index contributed by atoms with van der Waals surface area (Å²) in [6.45, 7) is 10.7. The molecular weight excluding hydrogens is 278 g/mol. The fraction of sp³-hybridized carbons (Fsp3) is 0.611. The molecule has 0 saturated carbocycles. The molecule has 0 amide bonds. The summed E-state index contributed by atoms with van der Waals surface area (Å²) in [6.07, 6.45) is 3.00. The summed E-state index contributed by atoms with van der Waals surface area (Å²) in [4.78, 5) is 5.34. The highest BCUT2D eigenvalue weighted by Crippen LogP contribution is 2.20. The SMILES string of the molecule is CCC(CC)=NOCC(C)Oc1ccc(OC(C)CC)cc1. The number of hydrogen-bond acceptors (Lipinski definition) is 4. The molecular formula is C18H29NO3. The molecule has 22 heavy (non-hydrogen) atoms. The van der Waals surface area contributed by atoms with Crippen LogP contribution in [0.4, 0.5) is 0 Å². The van der Waals surface area contributed by atoms with E-state index in [0.29, 0.717) is 6.61 Å². The van der Waals surface area contributed by atoms with Crippen molar-refractivity contribution in [1.82, 2.24) is 0 Å². The second-order valence-electron chi connectivity index (χ2n) is 5.40. The van der Waals surface area contributed by atoms with Gasteiger partial charge in [-0.05, 0) is 57.4 Å². The van der Waals surface area contributed by atoms with Crippen LogP contribution in [0, 0.1) is 0 Å². The van der Waals surface area contributed by atoms with Gasteiger partial charge in [-0.25, -0.2) is 0 Å². The third kappa shape index (κ3) is 6.83. The van der Waals surface area contributed by atoms with Gasteiger partial charge in [0, 0.05) is 0 Å². The summed E-state index contributed by atoms with van der Waals surface area (Å²) < 4.78 is 11.5. The van der Waals surface area contributed by atoms with E-state index in [1.54, 1.807) is 0 Å². The van der Waals surface area contributed by atoms with E-state index in [0.717, 1.165) is 36.5 Å². The summed E-state index contributed by atoms with van der Waals surface area (Å²) in [6, 6.07) is 7.70. The Morgan fingerprint density at radius 3 is 1.86 bits per heavy atom. The van der Waals surface area contributed by atoms with Gasteiger partial charge in [-0.2, -0.15) is 0 Å². The van der Waals surface area contributed by atoms with E-state index >= 15 is 0 Å². The predicted octanol–water partition coefficient (Wildman–Crippen LogP) is 4.82. The number of benzene rings is 1. The Kier molecular flexibility index (Phi) is 8.41. The first-order valence-electron chi connectivity index (χ1n) is 8.20. The highest BCUT2D eigenvalue weighted by molar-refractivity contribution is 5.83. The van der Waals surface area contributed by atoms with Crippen molar-refractivity contribution in [1.29, 1.82) is 0 Å². The minimum Gasteiger partial charge on any atom is -0.491 e. The van der Waals surface area contributed by atoms with E-state index in [4.69, 9.17) is 14.3 Å². The Bertz CT molecular complexity index is 436. The number of ether oxygens (including phenoxy) is 2. The fourth-order valence-electron chi connectivity index (χ4n) is 1.79. The molecule has 0 aliphatic rings. The van der Waals surface area contributed by atoms with Crippen LogP contribution in [0.3, 0.4) is 0 Å². The fourth-order valence-corrected chi connectivity index (χ4v) is 1.79. The van der Waals surface area contributed by atoms with Crippen molar-refractivity contribution in [2.45, 2.75) is 66.1 Å². The first-order valence-corrected chi connectivity index (χ1v) is 8.20. The number of oxime groups is 1. The first kappa shape index (κ1) is 18.3. The molecule has 1 rings (SSSR count). The van der Waals surface area contributed by atoms with Crippen molar-refractivity contribution in [2.75, 3.05) is 6.61 Å². The van der Waals surface area contributed by atoms with E-state index < -0.39 is 0 Å². The second-order valence-corrected chi connectivity index (χ2v) is 5.40. The minimum absolute atomic E-state index is 0.0555. The summed E-state index contributed by atoms with van der Waals surface area (Å²) in [5.74, 6) is 1.67. The molecule has 0 aliphatic carbocycles. The lowest BCUT2D eigenvalue weighted by atomic mass is 10.2. The summed E-state index contributed by atoms with van der Waals surface area (Å²) in [5.41, 5.74) is 1.07. The maximum Gasteiger partial charge on any atom is 0.153 e. The molecule has 2 atom stereocenters. The molecule has 0 aliphatic heterocycles. The molecule has 0 bridgehead atoms. The molecule has 0 radical (unpaired) electrons. The van der Waals surface area contributed by atoms with Crippen LogP contribution in [-0.2, 0) is 4.84 Å². The zero-order valence-corrected chi connectivity index (χ0v) is 14.5. The van der Waals surface area contributed by atoms with Gasteiger partial charge in [0.25, 0.3) is 0 Å². The molecule has 4 heteroatoms. The van der Waals surface area contributed by atoms with Gasteiger partial charge >= 0.3 is 0 Å². The van der Waals surface area contributed by atoms with E-state index in [9.17, 15) is 0 Å². The van der Waals surface area contributed by atoms with Gasteiger partial charge in [0.1, 0.15) is 17.6 Å². The molecule has 0 fully saturated rings. The molecule has 0 N–H and O–H groups in total. The standard InChI is InChI=1S/C18H29NO3/c1-6-14(4)21-17-9-11-18(12-10-17)22-15(5)13-20-19-16(7-2)8-3/h9-12,14-15H,6-8,13H2,1-5H3. The molecule has 0 spiro atoms. The average Bonchev–Trinajstić information content (AvgIpc) is 2.53. The summed E-state index contributed by atoms with van der Waals surface area (Å²) >= 11 is 0. The Morgan fingerprint density at radius 2 is 1.41 bits per heavy atom. The Morgan fingerprint density at radius 1 is 0.909 bits per heavy atom. The van der Waals surface area contributed by atoms with Crippen LogP contribution in [-0.4, -0.2) is 24.5 Å². The topological polar surface area (TPSA) is 40.0 Å². The van der Waals surface area contributed by atoms with E-state index in [-0.39, 0.29) is 12.2 Å². The molecule has 4 nitrogen and oxygen atoms in total. The Labute approximate surface area is 134 Å². The van der Waals surface area contributed by atoms with Crippen LogP contribution in [0.1, 0.15) is 53.9 Å². The van der Waals surface area contributed by atoms with Crippen LogP contribution in [0.25, 0.3) is 0 Å². The maximum atomic E-state index is 5.80. The highest BCUT2D eigenvalue weighted by Gasteiger charge is 2.06. The molecule has 1 aromatic rings. The quantitative estimate of drug-likeness (QED) is 0.459. The van der Waals surface area contributed by atoms with Gasteiger partial charge in [-0.15, -0.1) is 0 Å². The zero-order valence-electron chi connectivity index (χ0n) is 14.5. The molecule has 124 valence electrons. The van der Waals surface area contributed by atoms with Crippen molar-refractivity contribution in [3.05, 3.63) is 24.3 Å². The summed E-state index contributed by atoms with van der Waals surface area (Å²) in [7, 11) is 0. The normalized spacial score (nSPS) is 13.1. The Balaban J connectivity index is 2.41. The average molecular weight is 307 g/mol. The van der Waals surface area contributed by atoms with Gasteiger partial charge < -0.3 is 14.3 Å². The van der Waals surface area contributed by atoms with Gasteiger partial charge in [0.2, 0.25) is 0 Å². The highest BCUT2D eigenvalue weighted by atomic mass is 16.6. The predicted molar refractivity (Wildman–Crippen MR) is 90.9 cm³/mol. The Hall–Kier alpha value is -1.71. The molecule has 0 heterocycles. The first-order chi connectivity index (χ1) is 10.6. The molecule has 2 unspecified atom stereocenters. The van der Waals surface area contributed by atoms with Gasteiger partial charge in [0.05, 0.1) is 11.8 Å². The van der Waals surface area contributed by atoms with Crippen LogP contribution < -0.4 is 9.47 Å². The van der Waals surface area contributed by atoms with Crippen LogP contribution in [0.2, 0.25) is 0 Å². The maximum absolute atomic E-state index is 5.80. The van der Waals surface area contributed by atoms with Gasteiger partial charge in [-0.3, -0.25) is 0 Å². The third-order valence-electron chi connectivity index (χ3n) is 3.39. The number of rotatable bonds is 10. The zero-order chi connectivity index (χ0) is 16.4. The monoisotopic (exact) mass is 307 g/mol. The largest absolute Gasteiger partial charge is 0.491 e. The van der Waals surface area contributed by atoms with Crippen LogP contribution >= 0.6 is 0 Å². The van der Waals surface area contributed by atoms with Crippen molar-refractivity contribution in [3.63, 3.8) is 0 Å². The lowest BCUT2D eigenvalue weighted by Crippen LogP contribution is -2.18. The van der Waals surface area contributed by atoms with E-state index in [1.165, 1.54) is 0 Å². The number of nitrogens with zero attached hydrogens (tertiary/aromatic N) is 1. The van der Waals surface area contributed by atoms with Crippen molar-refractivity contribution < 1.29 is 14.3 Å². The third-order valence-corrected chi connectivity index (χ3v) is 3.39. The van der Waals surface area contributed by atoms with Crippen LogP contribution in [0.5, 0.6) is 11.5 Å². The van der Waals surface area contributed by atoms with E-state index in [2.05, 4.69) is 32.9 Å². The van der Waals surface area contributed by atoms with Crippen molar-refractivity contribution >= 4 is 5.71 Å². The summed E-state index contributed by atoms with van der Waals surface area (Å²) in [5, 5.41) is 4.12. The van der Waals surface area contributed by atoms with Gasteiger partial charge in [-0.1, -0.05) is 25.9 Å². The molecule has 1 aromatic carbocycles. The second kappa shape index (κ2) is 10.1. The smallest absolute Gasteiger partial charge is 0.153 e. The molecule has 0 aromatic heterocycles. The van der Waals surface area contributed by atoms with Crippen LogP contribution in [0.15, 0.2) is 29.4 Å². The molecule has 0 saturated heterocycles. The van der Waals surface area contributed by atoms with Gasteiger partial charge in [0.15, 0.2) is 6.61 Å². The number of hydrogen-bond donors (Lipinski definition) is 0. The van der Waals surface area contributed by atoms with Crippen molar-refractivity contribution in [3.8, 4) is 11.5 Å². The van der Waals surface area contributed by atoms with Crippen molar-refractivity contribution in [2.24, 2.45) is 5.16 Å². The lowest BCUT2D eigenvalue weighted by molar-refractivity contribution is 0.0623. The lowest BCUT2D eigenvalue weighted by Gasteiger charge is -2.15. The van der Waals surface area contributed by atoms with E-state index in [1.807, 2.05) is 31.2 Å². The minimum atomic E-state index is -0.0555.